The van der Waals surface area contributed by atoms with Crippen LogP contribution in [0.4, 0.5) is 0 Å². The molecule has 0 aliphatic rings. The summed E-state index contributed by atoms with van der Waals surface area (Å²) in [6, 6.07) is 3.23. The van der Waals surface area contributed by atoms with Gasteiger partial charge in [0.15, 0.2) is 0 Å². The van der Waals surface area contributed by atoms with Crippen LogP contribution in [0.2, 0.25) is 0 Å². The van der Waals surface area contributed by atoms with Crippen molar-refractivity contribution in [1.29, 1.82) is 0 Å². The number of carbonyl (C=O) groups is 1. The molecule has 0 aliphatic heterocycles. The first-order valence-electron chi connectivity index (χ1n) is 9.98. The van der Waals surface area contributed by atoms with E-state index >= 15 is 0 Å². The molecule has 0 radical (unpaired) electrons. The zero-order valence-electron chi connectivity index (χ0n) is 17.7. The number of unbranched alkanes of at least 4 members (excludes halogenated alkanes) is 1. The number of esters is 1. The van der Waals surface area contributed by atoms with E-state index in [1.807, 2.05) is 14.0 Å². The number of hydrogen-bond acceptors (Lipinski definition) is 7. The van der Waals surface area contributed by atoms with E-state index in [2.05, 4.69) is 11.8 Å². The Morgan fingerprint density at radius 3 is 2.72 bits per heavy atom. The van der Waals surface area contributed by atoms with Crippen molar-refractivity contribution in [2.75, 3.05) is 33.9 Å². The molecule has 29 heavy (non-hydrogen) atoms. The fraction of sp³-hybridized carbons (Fsp3) is 0.545. The van der Waals surface area contributed by atoms with Gasteiger partial charge in [-0.15, -0.1) is 0 Å². The average molecular weight is 405 g/mol. The lowest BCUT2D eigenvalue weighted by molar-refractivity contribution is -0.144. The van der Waals surface area contributed by atoms with Crippen LogP contribution in [0.15, 0.2) is 21.3 Å². The van der Waals surface area contributed by atoms with Crippen molar-refractivity contribution >= 4 is 16.9 Å². The van der Waals surface area contributed by atoms with Gasteiger partial charge in [-0.05, 0) is 50.6 Å². The Kier molecular flexibility index (Phi) is 8.67. The molecule has 1 aromatic carbocycles. The van der Waals surface area contributed by atoms with E-state index in [1.54, 1.807) is 13.2 Å². The van der Waals surface area contributed by atoms with Crippen molar-refractivity contribution in [2.45, 2.75) is 46.1 Å². The largest absolute Gasteiger partial charge is 0.507 e. The Hall–Kier alpha value is -2.38. The minimum atomic E-state index is -0.443. The number of nitrogens with zero attached hydrogens (tertiary/aromatic N) is 1. The highest BCUT2D eigenvalue weighted by molar-refractivity contribution is 5.86. The van der Waals surface area contributed by atoms with Gasteiger partial charge < -0.3 is 23.9 Å². The molecule has 2 aromatic rings. The third-order valence-corrected chi connectivity index (χ3v) is 4.86. The first kappa shape index (κ1) is 22.9. The number of phenols is 1. The zero-order chi connectivity index (χ0) is 21.4. The Balaban J connectivity index is 2.34. The fourth-order valence-electron chi connectivity index (χ4n) is 3.23. The van der Waals surface area contributed by atoms with Gasteiger partial charge in [0.25, 0.3) is 0 Å². The summed E-state index contributed by atoms with van der Waals surface area (Å²) in [5.41, 5.74) is 1.95. The summed E-state index contributed by atoms with van der Waals surface area (Å²) >= 11 is 0. The van der Waals surface area contributed by atoms with Gasteiger partial charge >= 0.3 is 11.6 Å². The van der Waals surface area contributed by atoms with Gasteiger partial charge in [-0.1, -0.05) is 13.3 Å². The van der Waals surface area contributed by atoms with Gasteiger partial charge in [-0.3, -0.25) is 4.79 Å². The van der Waals surface area contributed by atoms with Crippen LogP contribution in [-0.2, 0) is 27.2 Å². The molecule has 0 saturated heterocycles. The number of aryl methyl sites for hydroxylation is 2. The van der Waals surface area contributed by atoms with Crippen LogP contribution in [0.5, 0.6) is 5.75 Å². The number of ether oxygens (including phenoxy) is 2. The lowest BCUT2D eigenvalue weighted by Crippen LogP contribution is -2.20. The maximum absolute atomic E-state index is 11.9. The van der Waals surface area contributed by atoms with E-state index < -0.39 is 5.63 Å². The molecule has 2 rings (SSSR count). The van der Waals surface area contributed by atoms with Crippen molar-refractivity contribution in [3.05, 3.63) is 39.2 Å². The van der Waals surface area contributed by atoms with Crippen molar-refractivity contribution in [3.8, 4) is 5.75 Å². The Morgan fingerprint density at radius 2 is 2.03 bits per heavy atom. The van der Waals surface area contributed by atoms with Crippen LogP contribution in [0.3, 0.4) is 0 Å². The Bertz CT molecular complexity index is 889. The SMILES string of the molecule is CCCCN(C)Cc1c(O)c(CCC(=O)OCCOC)cc2c(C)cc(=O)oc12. The number of fused-ring (bicyclic) bond motifs is 1. The molecule has 0 amide bonds. The second kappa shape index (κ2) is 11.0. The number of benzene rings is 1. The summed E-state index contributed by atoms with van der Waals surface area (Å²) in [4.78, 5) is 25.9. The van der Waals surface area contributed by atoms with Crippen LogP contribution >= 0.6 is 0 Å². The molecule has 1 N–H and O–H groups in total. The summed E-state index contributed by atoms with van der Waals surface area (Å²) in [5.74, 6) is -0.279. The molecule has 0 saturated carbocycles. The predicted molar refractivity (Wildman–Crippen MR) is 111 cm³/mol. The molecule has 1 heterocycles. The molecule has 160 valence electrons. The Morgan fingerprint density at radius 1 is 1.28 bits per heavy atom. The molecule has 7 heteroatoms. The maximum atomic E-state index is 11.9. The fourth-order valence-corrected chi connectivity index (χ4v) is 3.23. The number of rotatable bonds is 11. The summed E-state index contributed by atoms with van der Waals surface area (Å²) in [6.45, 7) is 5.82. The third-order valence-electron chi connectivity index (χ3n) is 4.86. The monoisotopic (exact) mass is 405 g/mol. The highest BCUT2D eigenvalue weighted by Gasteiger charge is 2.19. The molecule has 0 spiro atoms. The molecular formula is C22H31NO6. The number of aromatic hydroxyl groups is 1. The third kappa shape index (κ3) is 6.30. The van der Waals surface area contributed by atoms with Gasteiger partial charge in [0.2, 0.25) is 0 Å². The number of phenolic OH excluding ortho intramolecular Hbond substituents is 1. The molecule has 0 aliphatic carbocycles. The number of hydrogen-bond donors (Lipinski definition) is 1. The summed E-state index contributed by atoms with van der Waals surface area (Å²) in [5, 5.41) is 11.7. The van der Waals surface area contributed by atoms with Crippen molar-refractivity contribution < 1.29 is 23.8 Å². The molecule has 0 unspecified atom stereocenters. The van der Waals surface area contributed by atoms with E-state index in [4.69, 9.17) is 13.9 Å². The summed E-state index contributed by atoms with van der Waals surface area (Å²) < 4.78 is 15.4. The van der Waals surface area contributed by atoms with Crippen molar-refractivity contribution in [3.63, 3.8) is 0 Å². The van der Waals surface area contributed by atoms with E-state index in [9.17, 15) is 14.7 Å². The van der Waals surface area contributed by atoms with E-state index in [1.165, 1.54) is 6.07 Å². The lowest BCUT2D eigenvalue weighted by atomic mass is 9.98. The minimum Gasteiger partial charge on any atom is -0.507 e. The second-order valence-electron chi connectivity index (χ2n) is 7.29. The topological polar surface area (TPSA) is 89.2 Å². The zero-order valence-corrected chi connectivity index (χ0v) is 17.7. The van der Waals surface area contributed by atoms with Gasteiger partial charge in [-0.2, -0.15) is 0 Å². The standard InChI is InChI=1S/C22H31NO6/c1-5-6-9-23(3)14-18-21(26)16(7-8-19(24)28-11-10-27-4)13-17-15(2)12-20(25)29-22(17)18/h12-13,26H,5-11,14H2,1-4H3. The minimum absolute atomic E-state index is 0.0688. The summed E-state index contributed by atoms with van der Waals surface area (Å²) in [7, 11) is 3.51. The van der Waals surface area contributed by atoms with Crippen LogP contribution in [-0.4, -0.2) is 49.9 Å². The first-order chi connectivity index (χ1) is 13.9. The van der Waals surface area contributed by atoms with Crippen molar-refractivity contribution in [2.24, 2.45) is 0 Å². The van der Waals surface area contributed by atoms with Gasteiger partial charge in [-0.25, -0.2) is 4.79 Å². The number of methoxy groups -OCH3 is 1. The molecular weight excluding hydrogens is 374 g/mol. The van der Waals surface area contributed by atoms with Crippen LogP contribution in [0.25, 0.3) is 11.0 Å². The Labute approximate surface area is 171 Å². The van der Waals surface area contributed by atoms with Crippen LogP contribution in [0, 0.1) is 6.92 Å². The molecule has 1 aromatic heterocycles. The highest BCUT2D eigenvalue weighted by Crippen LogP contribution is 2.34. The number of carbonyl (C=O) groups excluding carboxylic acids is 1. The van der Waals surface area contributed by atoms with Gasteiger partial charge in [0.1, 0.15) is 17.9 Å². The molecule has 0 bridgehead atoms. The quantitative estimate of drug-likeness (QED) is 0.349. The van der Waals surface area contributed by atoms with E-state index in [-0.39, 0.29) is 24.7 Å². The normalized spacial score (nSPS) is 11.3. The maximum Gasteiger partial charge on any atom is 0.336 e. The van der Waals surface area contributed by atoms with Gasteiger partial charge in [0.05, 0.1) is 12.2 Å². The summed E-state index contributed by atoms with van der Waals surface area (Å²) in [6.07, 6.45) is 2.57. The van der Waals surface area contributed by atoms with Crippen LogP contribution < -0.4 is 5.63 Å². The molecule has 0 fully saturated rings. The molecule has 7 nitrogen and oxygen atoms in total. The van der Waals surface area contributed by atoms with Gasteiger partial charge in [0, 0.05) is 31.5 Å². The lowest BCUT2D eigenvalue weighted by Gasteiger charge is -2.20. The first-order valence-corrected chi connectivity index (χ1v) is 9.98. The predicted octanol–water partition coefficient (Wildman–Crippen LogP) is 3.16. The van der Waals surface area contributed by atoms with Crippen LogP contribution in [0.1, 0.15) is 42.9 Å². The highest BCUT2D eigenvalue weighted by atomic mass is 16.6. The average Bonchev–Trinajstić information content (AvgIpc) is 2.68. The van der Waals surface area contributed by atoms with Crippen molar-refractivity contribution in [1.82, 2.24) is 4.90 Å². The second-order valence-corrected chi connectivity index (χ2v) is 7.29. The van der Waals surface area contributed by atoms with E-state index in [0.29, 0.717) is 36.3 Å². The van der Waals surface area contributed by atoms with E-state index in [0.717, 1.165) is 30.3 Å². The molecule has 0 atom stereocenters. The smallest absolute Gasteiger partial charge is 0.336 e.